The van der Waals surface area contributed by atoms with E-state index in [9.17, 15) is 39.6 Å². The molecule has 1 aliphatic heterocycles. The van der Waals surface area contributed by atoms with E-state index < -0.39 is 61.1 Å². The number of rotatable bonds is 7. The molecule has 2 heterocycles. The van der Waals surface area contributed by atoms with Gasteiger partial charge in [0.2, 0.25) is 0 Å². The van der Waals surface area contributed by atoms with E-state index >= 15 is 0 Å². The highest BCUT2D eigenvalue weighted by Gasteiger charge is 2.47. The molecule has 7 nitrogen and oxygen atoms in total. The highest BCUT2D eigenvalue weighted by molar-refractivity contribution is 7.92. The standard InChI is InChI=1S/C23H26F6N2O5S/c1-4-35-20(32)14(2)13-31-17(11-19(30-31)23(27,28)29)18-12-21(3,8-9-36-18)37(33,34)16-7-5-6-15(10-16)22(24,25)26/h5-7,10-11,14,18H,4,8-9,12-13H2,1-3H3. The molecule has 0 aliphatic carbocycles. The second kappa shape index (κ2) is 10.3. The van der Waals surface area contributed by atoms with Crippen LogP contribution in [0.2, 0.25) is 0 Å². The van der Waals surface area contributed by atoms with Crippen LogP contribution in [-0.4, -0.2) is 42.1 Å². The minimum absolute atomic E-state index is 0.0699. The van der Waals surface area contributed by atoms with Gasteiger partial charge in [0.05, 0.1) is 40.0 Å². The average molecular weight is 557 g/mol. The molecular weight excluding hydrogens is 530 g/mol. The first-order valence-electron chi connectivity index (χ1n) is 11.3. The first kappa shape index (κ1) is 29.0. The van der Waals surface area contributed by atoms with Gasteiger partial charge in [-0.3, -0.25) is 9.48 Å². The Morgan fingerprint density at radius 1 is 1.22 bits per heavy atom. The third-order valence-electron chi connectivity index (χ3n) is 6.25. The van der Waals surface area contributed by atoms with Crippen molar-refractivity contribution in [2.45, 2.75) is 68.3 Å². The van der Waals surface area contributed by atoms with E-state index in [-0.39, 0.29) is 38.3 Å². The summed E-state index contributed by atoms with van der Waals surface area (Å²) in [5, 5.41) is 3.58. The molecule has 3 rings (SSSR count). The molecule has 0 N–H and O–H groups in total. The maximum absolute atomic E-state index is 13.5. The number of halogens is 6. The Morgan fingerprint density at radius 3 is 2.49 bits per heavy atom. The number of esters is 1. The van der Waals surface area contributed by atoms with Gasteiger partial charge in [0.25, 0.3) is 0 Å². The Bertz CT molecular complexity index is 1240. The molecule has 206 valence electrons. The zero-order chi connectivity index (χ0) is 27.8. The van der Waals surface area contributed by atoms with Crippen LogP contribution in [0.15, 0.2) is 35.2 Å². The van der Waals surface area contributed by atoms with Crippen molar-refractivity contribution in [1.82, 2.24) is 9.78 Å². The summed E-state index contributed by atoms with van der Waals surface area (Å²) in [4.78, 5) is 11.5. The maximum atomic E-state index is 13.5. The molecule has 0 amide bonds. The Kier molecular flexibility index (Phi) is 8.04. The second-order valence-corrected chi connectivity index (χ2v) is 11.5. The lowest BCUT2D eigenvalue weighted by Crippen LogP contribution is -2.42. The van der Waals surface area contributed by atoms with Crippen LogP contribution in [0.5, 0.6) is 0 Å². The zero-order valence-electron chi connectivity index (χ0n) is 20.2. The lowest BCUT2D eigenvalue weighted by atomic mass is 9.94. The van der Waals surface area contributed by atoms with Crippen LogP contribution >= 0.6 is 0 Å². The Morgan fingerprint density at radius 2 is 1.89 bits per heavy atom. The van der Waals surface area contributed by atoms with Crippen molar-refractivity contribution in [2.24, 2.45) is 5.92 Å². The predicted molar refractivity (Wildman–Crippen MR) is 118 cm³/mol. The molecule has 14 heteroatoms. The van der Waals surface area contributed by atoms with Gasteiger partial charge in [0.15, 0.2) is 15.5 Å². The van der Waals surface area contributed by atoms with Gasteiger partial charge in [0, 0.05) is 6.61 Å². The van der Waals surface area contributed by atoms with Crippen molar-refractivity contribution >= 4 is 15.8 Å². The van der Waals surface area contributed by atoms with Crippen LogP contribution in [0.25, 0.3) is 0 Å². The number of carbonyl (C=O) groups is 1. The Hall–Kier alpha value is -2.61. The van der Waals surface area contributed by atoms with Crippen LogP contribution in [0.3, 0.4) is 0 Å². The van der Waals surface area contributed by atoms with Gasteiger partial charge in [-0.05, 0) is 51.0 Å². The van der Waals surface area contributed by atoms with E-state index in [4.69, 9.17) is 9.47 Å². The second-order valence-electron chi connectivity index (χ2n) is 9.08. The molecule has 3 unspecified atom stereocenters. The molecule has 1 saturated heterocycles. The number of hydrogen-bond acceptors (Lipinski definition) is 6. The van der Waals surface area contributed by atoms with Crippen LogP contribution in [-0.2, 0) is 43.0 Å². The summed E-state index contributed by atoms with van der Waals surface area (Å²) in [6, 6.07) is 4.05. The van der Waals surface area contributed by atoms with Crippen molar-refractivity contribution in [3.63, 3.8) is 0 Å². The van der Waals surface area contributed by atoms with Gasteiger partial charge in [-0.2, -0.15) is 31.4 Å². The summed E-state index contributed by atoms with van der Waals surface area (Å²) in [7, 11) is -4.37. The molecule has 1 aromatic carbocycles. The summed E-state index contributed by atoms with van der Waals surface area (Å²) < 4.78 is 117. The minimum atomic E-state index is -4.82. The summed E-state index contributed by atoms with van der Waals surface area (Å²) in [6.45, 7) is 3.94. The van der Waals surface area contributed by atoms with E-state index in [2.05, 4.69) is 5.10 Å². The first-order chi connectivity index (χ1) is 17.0. The molecule has 1 fully saturated rings. The molecule has 0 saturated carbocycles. The van der Waals surface area contributed by atoms with Crippen molar-refractivity contribution < 1.29 is 49.0 Å². The first-order valence-corrected chi connectivity index (χ1v) is 12.8. The molecule has 37 heavy (non-hydrogen) atoms. The van der Waals surface area contributed by atoms with Gasteiger partial charge in [-0.1, -0.05) is 13.0 Å². The number of sulfone groups is 1. The lowest BCUT2D eigenvalue weighted by molar-refractivity contribution is -0.148. The number of benzene rings is 1. The van der Waals surface area contributed by atoms with Gasteiger partial charge in [-0.25, -0.2) is 8.42 Å². The Labute approximate surface area is 209 Å². The quantitative estimate of drug-likeness (QED) is 0.344. The largest absolute Gasteiger partial charge is 0.466 e. The topological polar surface area (TPSA) is 87.5 Å². The highest BCUT2D eigenvalue weighted by Crippen LogP contribution is 2.43. The van der Waals surface area contributed by atoms with Gasteiger partial charge >= 0.3 is 18.3 Å². The van der Waals surface area contributed by atoms with E-state index in [0.29, 0.717) is 6.07 Å². The smallest absolute Gasteiger partial charge is 0.435 e. The van der Waals surface area contributed by atoms with E-state index in [1.54, 1.807) is 6.92 Å². The molecular formula is C23H26F6N2O5S. The van der Waals surface area contributed by atoms with Crippen molar-refractivity contribution in [1.29, 1.82) is 0 Å². The number of alkyl halides is 6. The van der Waals surface area contributed by atoms with Crippen LogP contribution in [0, 0.1) is 5.92 Å². The normalized spacial score (nSPS) is 22.0. The number of ether oxygens (including phenoxy) is 2. The fourth-order valence-electron chi connectivity index (χ4n) is 4.12. The SMILES string of the molecule is CCOC(=O)C(C)Cn1nc(C(F)(F)F)cc1C1CC(C)(S(=O)(=O)c2cccc(C(F)(F)F)c2)CCO1. The van der Waals surface area contributed by atoms with Crippen molar-refractivity contribution in [3.8, 4) is 0 Å². The number of aromatic nitrogens is 2. The number of nitrogens with zero attached hydrogens (tertiary/aromatic N) is 2. The Balaban J connectivity index is 1.98. The fourth-order valence-corrected chi connectivity index (χ4v) is 5.95. The predicted octanol–water partition coefficient (Wildman–Crippen LogP) is 5.20. The van der Waals surface area contributed by atoms with E-state index in [0.717, 1.165) is 28.9 Å². The molecule has 0 radical (unpaired) electrons. The van der Waals surface area contributed by atoms with Crippen LogP contribution in [0.1, 0.15) is 56.7 Å². The molecule has 0 spiro atoms. The van der Waals surface area contributed by atoms with Gasteiger partial charge < -0.3 is 9.47 Å². The molecule has 0 bridgehead atoms. The zero-order valence-corrected chi connectivity index (χ0v) is 21.0. The summed E-state index contributed by atoms with van der Waals surface area (Å²) in [5.41, 5.74) is -2.49. The average Bonchev–Trinajstić information content (AvgIpc) is 3.23. The van der Waals surface area contributed by atoms with Gasteiger partial charge in [0.1, 0.15) is 6.10 Å². The number of carbonyl (C=O) groups excluding carboxylic acids is 1. The highest BCUT2D eigenvalue weighted by atomic mass is 32.2. The fraction of sp³-hybridized carbons (Fsp3) is 0.565. The monoisotopic (exact) mass is 556 g/mol. The molecule has 3 atom stereocenters. The summed E-state index contributed by atoms with van der Waals surface area (Å²) >= 11 is 0. The van der Waals surface area contributed by atoms with Crippen molar-refractivity contribution in [2.75, 3.05) is 13.2 Å². The van der Waals surface area contributed by atoms with Gasteiger partial charge in [-0.15, -0.1) is 0 Å². The molecule has 1 aliphatic rings. The van der Waals surface area contributed by atoms with Crippen LogP contribution in [0.4, 0.5) is 26.3 Å². The van der Waals surface area contributed by atoms with E-state index in [1.165, 1.54) is 13.8 Å². The number of hydrogen-bond donors (Lipinski definition) is 0. The summed E-state index contributed by atoms with van der Waals surface area (Å²) in [5.74, 6) is -1.53. The minimum Gasteiger partial charge on any atom is -0.466 e. The molecule has 2 aromatic rings. The molecule has 1 aromatic heterocycles. The van der Waals surface area contributed by atoms with Crippen molar-refractivity contribution in [3.05, 3.63) is 47.3 Å². The third kappa shape index (κ3) is 6.11. The third-order valence-corrected chi connectivity index (χ3v) is 8.80. The summed E-state index contributed by atoms with van der Waals surface area (Å²) in [6.07, 6.45) is -11.2. The maximum Gasteiger partial charge on any atom is 0.435 e. The lowest BCUT2D eigenvalue weighted by Gasteiger charge is -2.38. The van der Waals surface area contributed by atoms with E-state index in [1.807, 2.05) is 0 Å². The van der Waals surface area contributed by atoms with Crippen LogP contribution < -0.4 is 0 Å².